The van der Waals surface area contributed by atoms with Gasteiger partial charge in [0.05, 0.1) is 11.8 Å². The van der Waals surface area contributed by atoms with E-state index in [4.69, 9.17) is 5.73 Å². The maximum Gasteiger partial charge on any atom is 0.270 e. The van der Waals surface area contributed by atoms with E-state index in [1.165, 1.54) is 0 Å². The van der Waals surface area contributed by atoms with Crippen LogP contribution in [0.3, 0.4) is 0 Å². The van der Waals surface area contributed by atoms with E-state index < -0.39 is 10.0 Å². The van der Waals surface area contributed by atoms with Crippen molar-refractivity contribution < 1.29 is 13.2 Å². The third kappa shape index (κ3) is 4.91. The molecule has 1 amide bonds. The van der Waals surface area contributed by atoms with Crippen LogP contribution in [-0.2, 0) is 16.4 Å². The fourth-order valence-electron chi connectivity index (χ4n) is 2.63. The minimum atomic E-state index is -3.30. The molecule has 0 saturated heterocycles. The first-order chi connectivity index (χ1) is 12.8. The number of fused-ring (bicyclic) bond motifs is 1. The van der Waals surface area contributed by atoms with Crippen LogP contribution in [-0.4, -0.2) is 37.1 Å². The Kier molecular flexibility index (Phi) is 5.22. The number of carbonyl (C=O) groups is 1. The second kappa shape index (κ2) is 7.58. The Balaban J connectivity index is 1.63. The van der Waals surface area contributed by atoms with E-state index in [-0.39, 0.29) is 17.5 Å². The normalized spacial score (nSPS) is 11.3. The molecule has 0 aliphatic heterocycles. The Bertz CT molecular complexity index is 1080. The summed E-state index contributed by atoms with van der Waals surface area (Å²) in [6.07, 6.45) is 1.68. The van der Waals surface area contributed by atoms with Crippen LogP contribution >= 0.6 is 0 Å². The van der Waals surface area contributed by atoms with Crippen LogP contribution in [0.15, 0.2) is 48.5 Å². The van der Waals surface area contributed by atoms with Gasteiger partial charge in [-0.2, -0.15) is 0 Å². The average molecular weight is 385 g/mol. The monoisotopic (exact) mass is 385 g/mol. The molecule has 0 aliphatic rings. The molecule has 0 saturated carbocycles. The standard InChI is InChI=1S/C18H19N5O3S/c1-27(25,26)23-13-8-6-12(7-9-13)10-11-20-17(24)16-14-4-2-3-5-15(14)21-18(19)22-16/h2-9,23H,10-11H2,1H3,(H,20,24)(H2,19,21,22). The maximum atomic E-state index is 12.5. The molecule has 3 aromatic rings. The molecule has 0 aliphatic carbocycles. The lowest BCUT2D eigenvalue weighted by molar-refractivity contribution is 0.0951. The molecule has 27 heavy (non-hydrogen) atoms. The number of anilines is 2. The first-order valence-corrected chi connectivity index (χ1v) is 10.1. The molecule has 0 radical (unpaired) electrons. The van der Waals surface area contributed by atoms with Crippen LogP contribution in [0.25, 0.3) is 10.9 Å². The number of benzene rings is 2. The van der Waals surface area contributed by atoms with Crippen molar-refractivity contribution in [1.82, 2.24) is 15.3 Å². The van der Waals surface area contributed by atoms with Crippen molar-refractivity contribution >= 4 is 38.5 Å². The molecule has 0 unspecified atom stereocenters. The number of aromatic nitrogens is 2. The molecule has 140 valence electrons. The number of nitrogens with one attached hydrogen (secondary N) is 2. The minimum Gasteiger partial charge on any atom is -0.368 e. The van der Waals surface area contributed by atoms with Gasteiger partial charge in [0, 0.05) is 17.6 Å². The van der Waals surface area contributed by atoms with Gasteiger partial charge in [-0.15, -0.1) is 0 Å². The zero-order valence-electron chi connectivity index (χ0n) is 14.6. The van der Waals surface area contributed by atoms with Crippen molar-refractivity contribution in [3.05, 3.63) is 59.8 Å². The van der Waals surface area contributed by atoms with Gasteiger partial charge in [-0.25, -0.2) is 18.4 Å². The van der Waals surface area contributed by atoms with E-state index in [1.807, 2.05) is 12.1 Å². The Morgan fingerprint density at radius 1 is 1.07 bits per heavy atom. The highest BCUT2D eigenvalue weighted by Crippen LogP contribution is 2.16. The number of nitrogens with two attached hydrogens (primary N) is 1. The lowest BCUT2D eigenvalue weighted by atomic mass is 10.1. The molecule has 0 atom stereocenters. The molecule has 0 spiro atoms. The summed E-state index contributed by atoms with van der Waals surface area (Å²) in [5, 5.41) is 3.46. The lowest BCUT2D eigenvalue weighted by Gasteiger charge is -2.09. The fraction of sp³-hybridized carbons (Fsp3) is 0.167. The quantitative estimate of drug-likeness (QED) is 0.591. The van der Waals surface area contributed by atoms with Gasteiger partial charge in [0.1, 0.15) is 5.69 Å². The third-order valence-corrected chi connectivity index (χ3v) is 4.40. The molecule has 8 nitrogen and oxygen atoms in total. The van der Waals surface area contributed by atoms with E-state index in [2.05, 4.69) is 20.0 Å². The predicted octanol–water partition coefficient (Wildman–Crippen LogP) is 1.56. The van der Waals surface area contributed by atoms with Crippen molar-refractivity contribution in [3.8, 4) is 0 Å². The van der Waals surface area contributed by atoms with Gasteiger partial charge >= 0.3 is 0 Å². The summed E-state index contributed by atoms with van der Waals surface area (Å²) in [4.78, 5) is 20.7. The predicted molar refractivity (Wildman–Crippen MR) is 105 cm³/mol. The maximum absolute atomic E-state index is 12.5. The first-order valence-electron chi connectivity index (χ1n) is 8.19. The molecule has 4 N–H and O–H groups in total. The summed E-state index contributed by atoms with van der Waals surface area (Å²) in [7, 11) is -3.30. The number of hydrogen-bond donors (Lipinski definition) is 3. The van der Waals surface area contributed by atoms with Crippen molar-refractivity contribution in [3.63, 3.8) is 0 Å². The molecule has 0 fully saturated rings. The molecule has 2 aromatic carbocycles. The van der Waals surface area contributed by atoms with Gasteiger partial charge in [0.2, 0.25) is 16.0 Å². The van der Waals surface area contributed by atoms with Gasteiger partial charge < -0.3 is 11.1 Å². The second-order valence-electron chi connectivity index (χ2n) is 6.02. The summed E-state index contributed by atoms with van der Waals surface area (Å²) in [6.45, 7) is 0.399. The van der Waals surface area contributed by atoms with Gasteiger partial charge in [0.15, 0.2) is 0 Å². The molecule has 3 rings (SSSR count). The number of carbonyl (C=O) groups excluding carboxylic acids is 1. The van der Waals surface area contributed by atoms with E-state index in [0.29, 0.717) is 29.6 Å². The smallest absolute Gasteiger partial charge is 0.270 e. The second-order valence-corrected chi connectivity index (χ2v) is 7.77. The minimum absolute atomic E-state index is 0.0489. The highest BCUT2D eigenvalue weighted by Gasteiger charge is 2.13. The third-order valence-electron chi connectivity index (χ3n) is 3.79. The number of nitrogens with zero attached hydrogens (tertiary/aromatic N) is 2. The average Bonchev–Trinajstić information content (AvgIpc) is 2.61. The number of hydrogen-bond acceptors (Lipinski definition) is 6. The van der Waals surface area contributed by atoms with Crippen LogP contribution in [0, 0.1) is 0 Å². The Morgan fingerprint density at radius 3 is 2.48 bits per heavy atom. The van der Waals surface area contributed by atoms with Crippen molar-refractivity contribution in [2.45, 2.75) is 6.42 Å². The van der Waals surface area contributed by atoms with E-state index in [1.54, 1.807) is 36.4 Å². The molecule has 0 bridgehead atoms. The molecular formula is C18H19N5O3S. The molecule has 1 heterocycles. The Morgan fingerprint density at radius 2 is 1.78 bits per heavy atom. The van der Waals surface area contributed by atoms with Crippen LogP contribution in [0.2, 0.25) is 0 Å². The number of amides is 1. The fourth-order valence-corrected chi connectivity index (χ4v) is 3.19. The van der Waals surface area contributed by atoms with Gasteiger partial charge in [0.25, 0.3) is 5.91 Å². The Labute approximate surface area is 156 Å². The summed E-state index contributed by atoms with van der Waals surface area (Å²) < 4.78 is 24.8. The van der Waals surface area contributed by atoms with Crippen molar-refractivity contribution in [1.29, 1.82) is 0 Å². The highest BCUT2D eigenvalue weighted by molar-refractivity contribution is 7.92. The number of para-hydroxylation sites is 1. The van der Waals surface area contributed by atoms with Crippen LogP contribution in [0.5, 0.6) is 0 Å². The van der Waals surface area contributed by atoms with Crippen LogP contribution in [0.1, 0.15) is 16.1 Å². The molecule has 1 aromatic heterocycles. The largest absolute Gasteiger partial charge is 0.368 e. The van der Waals surface area contributed by atoms with Crippen molar-refractivity contribution in [2.24, 2.45) is 0 Å². The summed E-state index contributed by atoms with van der Waals surface area (Å²) in [5.74, 6) is -0.275. The lowest BCUT2D eigenvalue weighted by Crippen LogP contribution is -2.27. The van der Waals surface area contributed by atoms with Crippen LogP contribution < -0.4 is 15.8 Å². The summed E-state index contributed by atoms with van der Waals surface area (Å²) >= 11 is 0. The molecular weight excluding hydrogens is 366 g/mol. The van der Waals surface area contributed by atoms with Crippen LogP contribution in [0.4, 0.5) is 11.6 Å². The number of sulfonamides is 1. The highest BCUT2D eigenvalue weighted by atomic mass is 32.2. The number of nitrogen functional groups attached to an aromatic ring is 1. The van der Waals surface area contributed by atoms with Gasteiger partial charge in [-0.05, 0) is 30.2 Å². The van der Waals surface area contributed by atoms with E-state index in [9.17, 15) is 13.2 Å². The first kappa shape index (κ1) is 18.6. The zero-order valence-corrected chi connectivity index (χ0v) is 15.5. The summed E-state index contributed by atoms with van der Waals surface area (Å²) in [6, 6.07) is 14.1. The molecule has 9 heteroatoms. The van der Waals surface area contributed by atoms with Gasteiger partial charge in [-0.1, -0.05) is 30.3 Å². The SMILES string of the molecule is CS(=O)(=O)Nc1ccc(CCNC(=O)c2nc(N)nc3ccccc23)cc1. The van der Waals surface area contributed by atoms with E-state index in [0.717, 1.165) is 11.8 Å². The topological polar surface area (TPSA) is 127 Å². The summed E-state index contributed by atoms with van der Waals surface area (Å²) in [5.41, 5.74) is 8.00. The Hall–Kier alpha value is -3.20. The van der Waals surface area contributed by atoms with Crippen molar-refractivity contribution in [2.75, 3.05) is 23.3 Å². The van der Waals surface area contributed by atoms with Gasteiger partial charge in [-0.3, -0.25) is 9.52 Å². The zero-order chi connectivity index (χ0) is 19.4. The van der Waals surface area contributed by atoms with E-state index >= 15 is 0 Å². The number of rotatable bonds is 6.